The standard InChI is InChI=1S/C13H25N5O/c1-6-8-19-13-16-11(14-7-2)15-12(17-13)18(5)9-10(3)4/h10H,6-9H2,1-5H3,(H,14,15,16,17). The zero-order chi connectivity index (χ0) is 14.3. The maximum Gasteiger partial charge on any atom is 0.323 e. The van der Waals surface area contributed by atoms with Crippen LogP contribution >= 0.6 is 0 Å². The molecule has 108 valence electrons. The summed E-state index contributed by atoms with van der Waals surface area (Å²) in [5.74, 6) is 1.75. The third-order valence-corrected chi connectivity index (χ3v) is 2.35. The van der Waals surface area contributed by atoms with E-state index in [0.29, 0.717) is 30.4 Å². The van der Waals surface area contributed by atoms with Gasteiger partial charge in [-0.25, -0.2) is 0 Å². The predicted octanol–water partition coefficient (Wildman–Crippen LogP) is 2.18. The van der Waals surface area contributed by atoms with Crippen LogP contribution < -0.4 is 15.0 Å². The number of aromatic nitrogens is 3. The van der Waals surface area contributed by atoms with Crippen molar-refractivity contribution in [3.63, 3.8) is 0 Å². The van der Waals surface area contributed by atoms with Gasteiger partial charge in [0.05, 0.1) is 6.61 Å². The molecule has 0 aliphatic rings. The van der Waals surface area contributed by atoms with Gasteiger partial charge >= 0.3 is 6.01 Å². The van der Waals surface area contributed by atoms with Crippen LogP contribution in [0.3, 0.4) is 0 Å². The van der Waals surface area contributed by atoms with E-state index in [1.165, 1.54) is 0 Å². The van der Waals surface area contributed by atoms with Crippen LogP contribution in [-0.4, -0.2) is 41.7 Å². The van der Waals surface area contributed by atoms with Crippen LogP contribution in [0.25, 0.3) is 0 Å². The molecule has 0 aliphatic heterocycles. The van der Waals surface area contributed by atoms with E-state index in [4.69, 9.17) is 4.74 Å². The lowest BCUT2D eigenvalue weighted by atomic mass is 10.2. The molecule has 6 heteroatoms. The predicted molar refractivity (Wildman–Crippen MR) is 77.9 cm³/mol. The summed E-state index contributed by atoms with van der Waals surface area (Å²) in [7, 11) is 1.98. The van der Waals surface area contributed by atoms with Gasteiger partial charge < -0.3 is 15.0 Å². The van der Waals surface area contributed by atoms with Crippen molar-refractivity contribution >= 4 is 11.9 Å². The Morgan fingerprint density at radius 3 is 2.53 bits per heavy atom. The Labute approximate surface area is 115 Å². The van der Waals surface area contributed by atoms with Crippen LogP contribution in [0.1, 0.15) is 34.1 Å². The van der Waals surface area contributed by atoms with E-state index in [9.17, 15) is 0 Å². The zero-order valence-electron chi connectivity index (χ0n) is 12.6. The lowest BCUT2D eigenvalue weighted by Crippen LogP contribution is -2.25. The molecule has 6 nitrogen and oxygen atoms in total. The molecule has 0 bridgehead atoms. The van der Waals surface area contributed by atoms with Gasteiger partial charge in [-0.1, -0.05) is 20.8 Å². The first-order valence-corrected chi connectivity index (χ1v) is 6.90. The molecule has 0 unspecified atom stereocenters. The molecule has 0 aromatic carbocycles. The molecular formula is C13H25N5O. The van der Waals surface area contributed by atoms with E-state index in [2.05, 4.69) is 41.0 Å². The summed E-state index contributed by atoms with van der Waals surface area (Å²) in [6.07, 6.45) is 0.930. The van der Waals surface area contributed by atoms with Crippen molar-refractivity contribution in [3.8, 4) is 6.01 Å². The second kappa shape index (κ2) is 7.76. The quantitative estimate of drug-likeness (QED) is 0.779. The summed E-state index contributed by atoms with van der Waals surface area (Å²) in [5.41, 5.74) is 0. The molecular weight excluding hydrogens is 242 g/mol. The highest BCUT2D eigenvalue weighted by Crippen LogP contribution is 2.15. The Morgan fingerprint density at radius 2 is 1.95 bits per heavy atom. The Morgan fingerprint density at radius 1 is 1.21 bits per heavy atom. The van der Waals surface area contributed by atoms with Gasteiger partial charge in [-0.3, -0.25) is 0 Å². The first-order chi connectivity index (χ1) is 9.06. The van der Waals surface area contributed by atoms with Crippen molar-refractivity contribution in [2.24, 2.45) is 5.92 Å². The highest BCUT2D eigenvalue weighted by Gasteiger charge is 2.11. The fraction of sp³-hybridized carbons (Fsp3) is 0.769. The second-order valence-corrected chi connectivity index (χ2v) is 4.89. The van der Waals surface area contributed by atoms with E-state index in [0.717, 1.165) is 19.5 Å². The van der Waals surface area contributed by atoms with Crippen LogP contribution in [-0.2, 0) is 0 Å². The molecule has 1 heterocycles. The largest absolute Gasteiger partial charge is 0.463 e. The highest BCUT2D eigenvalue weighted by atomic mass is 16.5. The summed E-state index contributed by atoms with van der Waals surface area (Å²) in [5, 5.41) is 3.10. The van der Waals surface area contributed by atoms with Gasteiger partial charge in [0.25, 0.3) is 0 Å². The summed E-state index contributed by atoms with van der Waals surface area (Å²) in [4.78, 5) is 15.0. The summed E-state index contributed by atoms with van der Waals surface area (Å²) in [6.45, 7) is 10.7. The Bertz CT molecular complexity index is 383. The Hall–Kier alpha value is -1.59. The van der Waals surface area contributed by atoms with Crippen LogP contribution in [0.15, 0.2) is 0 Å². The minimum atomic E-state index is 0.387. The molecule has 0 amide bonds. The third kappa shape index (κ3) is 5.28. The summed E-state index contributed by atoms with van der Waals surface area (Å²) >= 11 is 0. The molecule has 19 heavy (non-hydrogen) atoms. The molecule has 1 aromatic rings. The third-order valence-electron chi connectivity index (χ3n) is 2.35. The average Bonchev–Trinajstić information content (AvgIpc) is 2.35. The summed E-state index contributed by atoms with van der Waals surface area (Å²) < 4.78 is 5.51. The van der Waals surface area contributed by atoms with Crippen molar-refractivity contribution in [1.29, 1.82) is 0 Å². The number of hydrogen-bond donors (Lipinski definition) is 1. The maximum atomic E-state index is 5.51. The molecule has 1 aromatic heterocycles. The molecule has 0 fully saturated rings. The molecule has 0 saturated carbocycles. The van der Waals surface area contributed by atoms with Gasteiger partial charge in [-0.05, 0) is 19.3 Å². The molecule has 0 atom stereocenters. The minimum Gasteiger partial charge on any atom is -0.463 e. The summed E-state index contributed by atoms with van der Waals surface area (Å²) in [6, 6.07) is 0.387. The van der Waals surface area contributed by atoms with Gasteiger partial charge in [-0.2, -0.15) is 15.0 Å². The van der Waals surface area contributed by atoms with Crippen LogP contribution in [0.5, 0.6) is 6.01 Å². The van der Waals surface area contributed by atoms with E-state index in [-0.39, 0.29) is 0 Å². The maximum absolute atomic E-state index is 5.51. The number of rotatable bonds is 8. The van der Waals surface area contributed by atoms with E-state index in [1.807, 2.05) is 18.9 Å². The Kier molecular flexibility index (Phi) is 6.32. The number of nitrogens with zero attached hydrogens (tertiary/aromatic N) is 4. The second-order valence-electron chi connectivity index (χ2n) is 4.89. The van der Waals surface area contributed by atoms with Crippen molar-refractivity contribution in [1.82, 2.24) is 15.0 Å². The van der Waals surface area contributed by atoms with Crippen LogP contribution in [0.2, 0.25) is 0 Å². The van der Waals surface area contributed by atoms with Crippen molar-refractivity contribution < 1.29 is 4.74 Å². The molecule has 0 radical (unpaired) electrons. The van der Waals surface area contributed by atoms with Gasteiger partial charge in [0.15, 0.2) is 0 Å². The number of ether oxygens (including phenoxy) is 1. The lowest BCUT2D eigenvalue weighted by molar-refractivity contribution is 0.292. The number of hydrogen-bond acceptors (Lipinski definition) is 6. The Balaban J connectivity index is 2.91. The van der Waals surface area contributed by atoms with Crippen LogP contribution in [0.4, 0.5) is 11.9 Å². The molecule has 1 N–H and O–H groups in total. The van der Waals surface area contributed by atoms with Crippen molar-refractivity contribution in [2.45, 2.75) is 34.1 Å². The normalized spacial score (nSPS) is 10.6. The smallest absolute Gasteiger partial charge is 0.323 e. The first-order valence-electron chi connectivity index (χ1n) is 6.90. The van der Waals surface area contributed by atoms with Gasteiger partial charge in [0, 0.05) is 20.1 Å². The molecule has 0 spiro atoms. The number of anilines is 2. The highest BCUT2D eigenvalue weighted by molar-refractivity contribution is 5.37. The molecule has 0 saturated heterocycles. The lowest BCUT2D eigenvalue weighted by Gasteiger charge is -2.20. The average molecular weight is 267 g/mol. The molecule has 1 rings (SSSR count). The zero-order valence-corrected chi connectivity index (χ0v) is 12.6. The topological polar surface area (TPSA) is 63.2 Å². The van der Waals surface area contributed by atoms with E-state index < -0.39 is 0 Å². The van der Waals surface area contributed by atoms with Gasteiger partial charge in [0.2, 0.25) is 11.9 Å². The fourth-order valence-electron chi connectivity index (χ4n) is 1.64. The number of nitrogens with one attached hydrogen (secondary N) is 1. The van der Waals surface area contributed by atoms with Crippen molar-refractivity contribution in [3.05, 3.63) is 0 Å². The first kappa shape index (κ1) is 15.5. The monoisotopic (exact) mass is 267 g/mol. The van der Waals surface area contributed by atoms with E-state index >= 15 is 0 Å². The van der Waals surface area contributed by atoms with Gasteiger partial charge in [0.1, 0.15) is 0 Å². The van der Waals surface area contributed by atoms with Crippen LogP contribution in [0, 0.1) is 5.92 Å². The van der Waals surface area contributed by atoms with Crippen molar-refractivity contribution in [2.75, 3.05) is 37.0 Å². The SMILES string of the molecule is CCCOc1nc(NCC)nc(N(C)CC(C)C)n1. The minimum absolute atomic E-state index is 0.387. The fourth-order valence-corrected chi connectivity index (χ4v) is 1.64. The van der Waals surface area contributed by atoms with Gasteiger partial charge in [-0.15, -0.1) is 0 Å². The molecule has 0 aliphatic carbocycles. The van der Waals surface area contributed by atoms with E-state index in [1.54, 1.807) is 0 Å².